The second-order valence-corrected chi connectivity index (χ2v) is 7.16. The molecule has 4 heterocycles. The van der Waals surface area contributed by atoms with Crippen molar-refractivity contribution in [2.45, 2.75) is 18.8 Å². The lowest BCUT2D eigenvalue weighted by Crippen LogP contribution is -2.35. The van der Waals surface area contributed by atoms with Gasteiger partial charge in [-0.1, -0.05) is 12.1 Å². The van der Waals surface area contributed by atoms with Gasteiger partial charge in [0.2, 0.25) is 0 Å². The van der Waals surface area contributed by atoms with Gasteiger partial charge in [-0.25, -0.2) is 15.0 Å². The Kier molecular flexibility index (Phi) is 3.23. The topological polar surface area (TPSA) is 57.7 Å². The lowest BCUT2D eigenvalue weighted by Gasteiger charge is -2.33. The standard InChI is InChI=1S/C18H17N5S/c1-2-6-15-14(5-1)21-16(22-15)12-4-3-8-23(10-12)17-13-7-9-24-18(13)20-11-19-17/h1-2,5-7,9,11-12H,3-4,8,10H2,(H,21,22)/t12-/m1/s1. The molecular formula is C18H17N5S. The zero-order valence-corrected chi connectivity index (χ0v) is 14.0. The molecule has 5 rings (SSSR count). The Morgan fingerprint density at radius 1 is 1.17 bits per heavy atom. The maximum absolute atomic E-state index is 4.80. The lowest BCUT2D eigenvalue weighted by molar-refractivity contribution is 0.493. The minimum Gasteiger partial charge on any atom is -0.355 e. The van der Waals surface area contributed by atoms with E-state index in [4.69, 9.17) is 4.98 Å². The predicted molar refractivity (Wildman–Crippen MR) is 97.7 cm³/mol. The van der Waals surface area contributed by atoms with Crippen molar-refractivity contribution in [2.24, 2.45) is 0 Å². The number of fused-ring (bicyclic) bond motifs is 2. The molecule has 1 aromatic carbocycles. The molecule has 1 N–H and O–H groups in total. The van der Waals surface area contributed by atoms with Crippen molar-refractivity contribution in [1.82, 2.24) is 19.9 Å². The van der Waals surface area contributed by atoms with Gasteiger partial charge in [0.1, 0.15) is 22.8 Å². The molecule has 120 valence electrons. The number of imidazole rings is 1. The van der Waals surface area contributed by atoms with Gasteiger partial charge in [0, 0.05) is 19.0 Å². The molecule has 0 unspecified atom stereocenters. The Bertz CT molecular complexity index is 972. The summed E-state index contributed by atoms with van der Waals surface area (Å²) in [5, 5.41) is 3.25. The normalized spacial score (nSPS) is 18.5. The number of rotatable bonds is 2. The number of piperidine rings is 1. The third-order valence-electron chi connectivity index (χ3n) is 4.76. The molecule has 3 aromatic heterocycles. The molecule has 0 saturated carbocycles. The third kappa shape index (κ3) is 2.26. The fraction of sp³-hybridized carbons (Fsp3) is 0.278. The molecule has 1 aliphatic heterocycles. The number of nitrogens with one attached hydrogen (secondary N) is 1. The largest absolute Gasteiger partial charge is 0.355 e. The first kappa shape index (κ1) is 13.9. The second kappa shape index (κ2) is 5.56. The number of thiophene rings is 1. The molecule has 0 radical (unpaired) electrons. The number of para-hydroxylation sites is 2. The van der Waals surface area contributed by atoms with Crippen LogP contribution in [0.4, 0.5) is 5.82 Å². The van der Waals surface area contributed by atoms with E-state index in [0.717, 1.165) is 58.8 Å². The first-order valence-corrected chi connectivity index (χ1v) is 9.14. The molecule has 1 atom stereocenters. The van der Waals surface area contributed by atoms with Crippen molar-refractivity contribution in [3.63, 3.8) is 0 Å². The number of hydrogen-bond acceptors (Lipinski definition) is 5. The number of hydrogen-bond donors (Lipinski definition) is 1. The van der Waals surface area contributed by atoms with Crippen LogP contribution in [0.5, 0.6) is 0 Å². The molecule has 4 aromatic rings. The van der Waals surface area contributed by atoms with Crippen molar-refractivity contribution < 1.29 is 0 Å². The molecule has 0 bridgehead atoms. The number of aromatic nitrogens is 4. The Balaban J connectivity index is 1.48. The molecule has 24 heavy (non-hydrogen) atoms. The number of H-pyrrole nitrogens is 1. The molecule has 1 aliphatic rings. The highest BCUT2D eigenvalue weighted by molar-refractivity contribution is 7.16. The molecule has 0 amide bonds. The summed E-state index contributed by atoms with van der Waals surface area (Å²) in [4.78, 5) is 20.7. The molecule has 6 heteroatoms. The van der Waals surface area contributed by atoms with Crippen LogP contribution in [0, 0.1) is 0 Å². The van der Waals surface area contributed by atoms with E-state index in [2.05, 4.69) is 43.4 Å². The fourth-order valence-electron chi connectivity index (χ4n) is 3.59. The summed E-state index contributed by atoms with van der Waals surface area (Å²) in [6.45, 7) is 1.99. The van der Waals surface area contributed by atoms with Crippen molar-refractivity contribution in [1.29, 1.82) is 0 Å². The van der Waals surface area contributed by atoms with Gasteiger partial charge in [-0.05, 0) is 36.4 Å². The van der Waals surface area contributed by atoms with Crippen molar-refractivity contribution in [3.05, 3.63) is 47.9 Å². The summed E-state index contributed by atoms with van der Waals surface area (Å²) < 4.78 is 0. The zero-order chi connectivity index (χ0) is 15.9. The summed E-state index contributed by atoms with van der Waals surface area (Å²) in [6, 6.07) is 10.4. The van der Waals surface area contributed by atoms with E-state index in [1.807, 2.05) is 12.1 Å². The quantitative estimate of drug-likeness (QED) is 0.602. The first-order valence-electron chi connectivity index (χ1n) is 8.26. The van der Waals surface area contributed by atoms with Gasteiger partial charge in [0.15, 0.2) is 0 Å². The number of aromatic amines is 1. The monoisotopic (exact) mass is 335 g/mol. The first-order chi connectivity index (χ1) is 11.9. The van der Waals surface area contributed by atoms with E-state index in [0.29, 0.717) is 5.92 Å². The Labute approximate surface area is 143 Å². The van der Waals surface area contributed by atoms with Crippen LogP contribution in [0.1, 0.15) is 24.6 Å². The molecule has 0 spiro atoms. The Hall–Kier alpha value is -2.47. The third-order valence-corrected chi connectivity index (χ3v) is 5.58. The summed E-state index contributed by atoms with van der Waals surface area (Å²) in [7, 11) is 0. The highest BCUT2D eigenvalue weighted by Crippen LogP contribution is 2.33. The maximum atomic E-state index is 4.80. The number of nitrogens with zero attached hydrogens (tertiary/aromatic N) is 4. The van der Waals surface area contributed by atoms with Crippen molar-refractivity contribution >= 4 is 38.4 Å². The van der Waals surface area contributed by atoms with Crippen LogP contribution in [0.3, 0.4) is 0 Å². The van der Waals surface area contributed by atoms with Gasteiger partial charge >= 0.3 is 0 Å². The van der Waals surface area contributed by atoms with Crippen molar-refractivity contribution in [2.75, 3.05) is 18.0 Å². The maximum Gasteiger partial charge on any atom is 0.140 e. The van der Waals surface area contributed by atoms with E-state index < -0.39 is 0 Å². The summed E-state index contributed by atoms with van der Waals surface area (Å²) in [5.41, 5.74) is 2.17. The zero-order valence-electron chi connectivity index (χ0n) is 13.1. The van der Waals surface area contributed by atoms with Crippen LogP contribution in [0.25, 0.3) is 21.3 Å². The minimum absolute atomic E-state index is 0.412. The van der Waals surface area contributed by atoms with Crippen LogP contribution in [-0.4, -0.2) is 33.0 Å². The molecule has 5 nitrogen and oxygen atoms in total. The molecule has 1 saturated heterocycles. The van der Waals surface area contributed by atoms with Gasteiger partial charge in [-0.3, -0.25) is 0 Å². The van der Waals surface area contributed by atoms with E-state index in [1.54, 1.807) is 17.7 Å². The molecule has 1 fully saturated rings. The summed E-state index contributed by atoms with van der Waals surface area (Å²) in [5.74, 6) is 2.56. The highest BCUT2D eigenvalue weighted by atomic mass is 32.1. The van der Waals surface area contributed by atoms with Crippen LogP contribution in [0.2, 0.25) is 0 Å². The van der Waals surface area contributed by atoms with Gasteiger partial charge in [-0.15, -0.1) is 11.3 Å². The van der Waals surface area contributed by atoms with E-state index in [1.165, 1.54) is 0 Å². The molecular weight excluding hydrogens is 318 g/mol. The van der Waals surface area contributed by atoms with Gasteiger partial charge < -0.3 is 9.88 Å². The van der Waals surface area contributed by atoms with Crippen LogP contribution in [0.15, 0.2) is 42.0 Å². The summed E-state index contributed by atoms with van der Waals surface area (Å²) in [6.07, 6.45) is 3.99. The Morgan fingerprint density at radius 2 is 2.12 bits per heavy atom. The summed E-state index contributed by atoms with van der Waals surface area (Å²) >= 11 is 1.67. The van der Waals surface area contributed by atoms with Gasteiger partial charge in [-0.2, -0.15) is 0 Å². The fourth-order valence-corrected chi connectivity index (χ4v) is 4.31. The van der Waals surface area contributed by atoms with E-state index in [-0.39, 0.29) is 0 Å². The average molecular weight is 335 g/mol. The van der Waals surface area contributed by atoms with Crippen LogP contribution in [-0.2, 0) is 0 Å². The van der Waals surface area contributed by atoms with Crippen LogP contribution >= 0.6 is 11.3 Å². The second-order valence-electron chi connectivity index (χ2n) is 6.26. The van der Waals surface area contributed by atoms with Crippen LogP contribution < -0.4 is 4.90 Å². The lowest BCUT2D eigenvalue weighted by atomic mass is 9.97. The Morgan fingerprint density at radius 3 is 3.08 bits per heavy atom. The average Bonchev–Trinajstić information content (AvgIpc) is 3.28. The van der Waals surface area contributed by atoms with Gasteiger partial charge in [0.05, 0.1) is 16.4 Å². The predicted octanol–water partition coefficient (Wildman–Crippen LogP) is 3.95. The van der Waals surface area contributed by atoms with Crippen molar-refractivity contribution in [3.8, 4) is 0 Å². The van der Waals surface area contributed by atoms with E-state index >= 15 is 0 Å². The highest BCUT2D eigenvalue weighted by Gasteiger charge is 2.25. The minimum atomic E-state index is 0.412. The molecule has 0 aliphatic carbocycles. The smallest absolute Gasteiger partial charge is 0.140 e. The number of anilines is 1. The number of benzene rings is 1. The van der Waals surface area contributed by atoms with Gasteiger partial charge in [0.25, 0.3) is 0 Å². The SMILES string of the molecule is c1ccc2[nH]c([C@@H]3CCCN(c4ncnc5sccc45)C3)nc2c1. The van der Waals surface area contributed by atoms with E-state index in [9.17, 15) is 0 Å².